The Bertz CT molecular complexity index is 403. The lowest BCUT2D eigenvalue weighted by molar-refractivity contribution is 0.394. The molecule has 0 aliphatic carbocycles. The van der Waals surface area contributed by atoms with Crippen LogP contribution in [0.15, 0.2) is 34.7 Å². The fourth-order valence-corrected chi connectivity index (χ4v) is 1.59. The standard InChI is InChI=1S/C8H8N4OS/c1-13-6-3-2-4-7(11-6)14-8-9-5-10-12-8/h2-5H,1H3,(H,9,10,12). The van der Waals surface area contributed by atoms with Crippen molar-refractivity contribution in [2.45, 2.75) is 10.2 Å². The Balaban J connectivity index is 2.17. The van der Waals surface area contributed by atoms with E-state index in [2.05, 4.69) is 20.2 Å². The van der Waals surface area contributed by atoms with Gasteiger partial charge in [0.2, 0.25) is 5.88 Å². The normalized spacial score (nSPS) is 10.1. The van der Waals surface area contributed by atoms with Gasteiger partial charge in [0.15, 0.2) is 5.16 Å². The molecule has 2 aromatic rings. The van der Waals surface area contributed by atoms with E-state index in [0.717, 1.165) is 5.03 Å². The van der Waals surface area contributed by atoms with E-state index in [1.807, 2.05) is 12.1 Å². The minimum Gasteiger partial charge on any atom is -0.481 e. The van der Waals surface area contributed by atoms with E-state index in [4.69, 9.17) is 4.74 Å². The number of pyridine rings is 1. The topological polar surface area (TPSA) is 63.7 Å². The second kappa shape index (κ2) is 4.10. The van der Waals surface area contributed by atoms with Crippen LogP contribution in [-0.4, -0.2) is 27.3 Å². The third-order valence-electron chi connectivity index (χ3n) is 1.50. The molecule has 1 N–H and O–H groups in total. The van der Waals surface area contributed by atoms with E-state index in [9.17, 15) is 0 Å². The Morgan fingerprint density at radius 2 is 2.36 bits per heavy atom. The molecule has 0 aliphatic rings. The van der Waals surface area contributed by atoms with E-state index < -0.39 is 0 Å². The lowest BCUT2D eigenvalue weighted by atomic mass is 10.5. The number of H-pyrrole nitrogens is 1. The largest absolute Gasteiger partial charge is 0.481 e. The van der Waals surface area contributed by atoms with Crippen LogP contribution in [0.25, 0.3) is 0 Å². The van der Waals surface area contributed by atoms with Crippen molar-refractivity contribution in [3.8, 4) is 5.88 Å². The van der Waals surface area contributed by atoms with Gasteiger partial charge >= 0.3 is 0 Å². The molecule has 2 aromatic heterocycles. The molecule has 0 saturated heterocycles. The van der Waals surface area contributed by atoms with Crippen molar-refractivity contribution in [1.82, 2.24) is 20.2 Å². The molecule has 14 heavy (non-hydrogen) atoms. The van der Waals surface area contributed by atoms with Gasteiger partial charge in [-0.3, -0.25) is 5.10 Å². The van der Waals surface area contributed by atoms with Crippen molar-refractivity contribution in [2.24, 2.45) is 0 Å². The number of hydrogen-bond donors (Lipinski definition) is 1. The molecular formula is C8H8N4OS. The summed E-state index contributed by atoms with van der Waals surface area (Å²) < 4.78 is 5.00. The third-order valence-corrected chi connectivity index (χ3v) is 2.33. The molecule has 0 radical (unpaired) electrons. The van der Waals surface area contributed by atoms with Gasteiger partial charge in [-0.25, -0.2) is 9.97 Å². The van der Waals surface area contributed by atoms with Crippen molar-refractivity contribution in [3.63, 3.8) is 0 Å². The highest BCUT2D eigenvalue weighted by molar-refractivity contribution is 7.99. The summed E-state index contributed by atoms with van der Waals surface area (Å²) in [5.41, 5.74) is 0. The second-order valence-corrected chi connectivity index (χ2v) is 3.42. The molecule has 0 aromatic carbocycles. The number of nitrogens with zero attached hydrogens (tertiary/aromatic N) is 3. The van der Waals surface area contributed by atoms with E-state index in [-0.39, 0.29) is 0 Å². The van der Waals surface area contributed by atoms with E-state index in [0.29, 0.717) is 11.0 Å². The second-order valence-electron chi connectivity index (χ2n) is 2.41. The van der Waals surface area contributed by atoms with Crippen LogP contribution in [0.3, 0.4) is 0 Å². The number of rotatable bonds is 3. The van der Waals surface area contributed by atoms with Crippen LogP contribution in [0, 0.1) is 0 Å². The molecule has 5 nitrogen and oxygen atoms in total. The summed E-state index contributed by atoms with van der Waals surface area (Å²) in [4.78, 5) is 8.20. The Labute approximate surface area is 84.9 Å². The van der Waals surface area contributed by atoms with Crippen molar-refractivity contribution >= 4 is 11.8 Å². The first-order valence-electron chi connectivity index (χ1n) is 3.93. The molecule has 0 fully saturated rings. The van der Waals surface area contributed by atoms with Crippen molar-refractivity contribution in [2.75, 3.05) is 7.11 Å². The Morgan fingerprint density at radius 1 is 1.43 bits per heavy atom. The average molecular weight is 208 g/mol. The molecule has 6 heteroatoms. The molecule has 2 rings (SSSR count). The fourth-order valence-electron chi connectivity index (χ4n) is 0.909. The van der Waals surface area contributed by atoms with E-state index >= 15 is 0 Å². The Kier molecular flexibility index (Phi) is 2.64. The smallest absolute Gasteiger partial charge is 0.213 e. The molecule has 0 amide bonds. The van der Waals surface area contributed by atoms with Crippen LogP contribution < -0.4 is 4.74 Å². The van der Waals surface area contributed by atoms with Crippen LogP contribution in [0.2, 0.25) is 0 Å². The summed E-state index contributed by atoms with van der Waals surface area (Å²) in [6.07, 6.45) is 1.46. The van der Waals surface area contributed by atoms with Crippen molar-refractivity contribution < 1.29 is 4.74 Å². The highest BCUT2D eigenvalue weighted by Crippen LogP contribution is 2.23. The lowest BCUT2D eigenvalue weighted by Gasteiger charge is -2.00. The number of aromatic nitrogens is 4. The van der Waals surface area contributed by atoms with Crippen LogP contribution in [-0.2, 0) is 0 Å². The van der Waals surface area contributed by atoms with Crippen LogP contribution in [0.1, 0.15) is 0 Å². The van der Waals surface area contributed by atoms with Gasteiger partial charge in [-0.2, -0.15) is 5.10 Å². The Hall–Kier alpha value is -1.56. The fraction of sp³-hybridized carbons (Fsp3) is 0.125. The van der Waals surface area contributed by atoms with Gasteiger partial charge in [0, 0.05) is 6.07 Å². The summed E-state index contributed by atoms with van der Waals surface area (Å²) in [6.45, 7) is 0. The maximum Gasteiger partial charge on any atom is 0.213 e. The highest BCUT2D eigenvalue weighted by atomic mass is 32.2. The molecule has 72 valence electrons. The van der Waals surface area contributed by atoms with Crippen LogP contribution >= 0.6 is 11.8 Å². The molecule has 0 atom stereocenters. The number of aromatic amines is 1. The third kappa shape index (κ3) is 2.02. The zero-order valence-corrected chi connectivity index (χ0v) is 8.28. The van der Waals surface area contributed by atoms with E-state index in [1.165, 1.54) is 18.1 Å². The summed E-state index contributed by atoms with van der Waals surface area (Å²) in [6, 6.07) is 5.56. The number of hydrogen-bond acceptors (Lipinski definition) is 5. The number of nitrogens with one attached hydrogen (secondary N) is 1. The highest BCUT2D eigenvalue weighted by Gasteiger charge is 2.02. The maximum absolute atomic E-state index is 5.00. The predicted molar refractivity (Wildman–Crippen MR) is 51.3 cm³/mol. The monoisotopic (exact) mass is 208 g/mol. The molecule has 0 bridgehead atoms. The van der Waals surface area contributed by atoms with Gasteiger partial charge < -0.3 is 4.74 Å². The first kappa shape index (κ1) is 9.01. The Morgan fingerprint density at radius 3 is 3.07 bits per heavy atom. The van der Waals surface area contributed by atoms with Gasteiger partial charge in [-0.05, 0) is 17.8 Å². The van der Waals surface area contributed by atoms with Crippen molar-refractivity contribution in [3.05, 3.63) is 24.5 Å². The summed E-state index contributed by atoms with van der Waals surface area (Å²) >= 11 is 1.40. The van der Waals surface area contributed by atoms with Gasteiger partial charge in [0.25, 0.3) is 0 Å². The maximum atomic E-state index is 5.00. The first-order chi connectivity index (χ1) is 6.88. The van der Waals surface area contributed by atoms with Crippen LogP contribution in [0.4, 0.5) is 0 Å². The first-order valence-corrected chi connectivity index (χ1v) is 4.74. The number of ether oxygens (including phenoxy) is 1. The van der Waals surface area contributed by atoms with Gasteiger partial charge in [-0.15, -0.1) is 0 Å². The molecular weight excluding hydrogens is 200 g/mol. The summed E-state index contributed by atoms with van der Waals surface area (Å²) in [5.74, 6) is 0.592. The molecule has 0 saturated carbocycles. The van der Waals surface area contributed by atoms with Gasteiger partial charge in [0.05, 0.1) is 7.11 Å². The number of methoxy groups -OCH3 is 1. The van der Waals surface area contributed by atoms with Gasteiger partial charge in [0.1, 0.15) is 11.4 Å². The van der Waals surface area contributed by atoms with Gasteiger partial charge in [-0.1, -0.05) is 6.07 Å². The summed E-state index contributed by atoms with van der Waals surface area (Å²) in [7, 11) is 1.59. The lowest BCUT2D eigenvalue weighted by Crippen LogP contribution is -1.88. The summed E-state index contributed by atoms with van der Waals surface area (Å²) in [5, 5.41) is 8.02. The molecule has 0 spiro atoms. The zero-order valence-electron chi connectivity index (χ0n) is 7.47. The van der Waals surface area contributed by atoms with Crippen LogP contribution in [0.5, 0.6) is 5.88 Å². The molecule has 0 aliphatic heterocycles. The van der Waals surface area contributed by atoms with E-state index in [1.54, 1.807) is 13.2 Å². The predicted octanol–water partition coefficient (Wildman–Crippen LogP) is 1.36. The van der Waals surface area contributed by atoms with Crippen molar-refractivity contribution in [1.29, 1.82) is 0 Å². The minimum absolute atomic E-state index is 0.592. The molecule has 0 unspecified atom stereocenters. The zero-order chi connectivity index (χ0) is 9.80. The average Bonchev–Trinajstić information content (AvgIpc) is 2.71. The quantitative estimate of drug-likeness (QED) is 0.825. The molecule has 2 heterocycles. The SMILES string of the molecule is COc1cccc(Sc2ncn[nH]2)n1. The minimum atomic E-state index is 0.592.